The fourth-order valence-electron chi connectivity index (χ4n) is 9.45. The summed E-state index contributed by atoms with van der Waals surface area (Å²) in [5.41, 5.74) is 5.77. The first kappa shape index (κ1) is 57.2. The third-order valence-corrected chi connectivity index (χ3v) is 13.8. The highest BCUT2D eigenvalue weighted by molar-refractivity contribution is 5.76. The Morgan fingerprint density at radius 3 is 1.13 bits per heavy atom. The Labute approximate surface area is 370 Å². The SMILES string of the molecule is CCCCCCCCCCCCCCCCCCCCCCCC[C@@H](CCCCCCCCCCCCCCC(O)C(O)CCNC1CC(CO)C(O)C(O)C1O)C(N)=O. The summed E-state index contributed by atoms with van der Waals surface area (Å²) in [6.45, 7) is 2.38. The van der Waals surface area contributed by atoms with E-state index < -0.39 is 42.5 Å². The lowest BCUT2D eigenvalue weighted by Crippen LogP contribution is -2.59. The van der Waals surface area contributed by atoms with Crippen LogP contribution >= 0.6 is 0 Å². The second-order valence-corrected chi connectivity index (χ2v) is 19.3. The number of carbonyl (C=O) groups is 1. The molecule has 0 aromatic carbocycles. The van der Waals surface area contributed by atoms with Crippen molar-refractivity contribution in [2.45, 2.75) is 294 Å². The highest BCUT2D eigenvalue weighted by Gasteiger charge is 2.42. The van der Waals surface area contributed by atoms with Crippen LogP contribution in [0.15, 0.2) is 0 Å². The molecule has 0 aliphatic heterocycles. The summed E-state index contributed by atoms with van der Waals surface area (Å²) in [5, 5.41) is 63.5. The molecular formula is C51H102N2O7. The summed E-state index contributed by atoms with van der Waals surface area (Å²) in [5.74, 6) is -0.551. The highest BCUT2D eigenvalue weighted by atomic mass is 16.4. The van der Waals surface area contributed by atoms with E-state index in [-0.39, 0.29) is 18.4 Å². The maximum atomic E-state index is 12.0. The van der Waals surface area contributed by atoms with Crippen molar-refractivity contribution in [1.29, 1.82) is 0 Å². The van der Waals surface area contributed by atoms with Crippen molar-refractivity contribution in [3.63, 3.8) is 0 Å². The molecule has 7 unspecified atom stereocenters. The van der Waals surface area contributed by atoms with Crippen molar-refractivity contribution in [3.05, 3.63) is 0 Å². The third-order valence-electron chi connectivity index (χ3n) is 13.8. The molecule has 0 spiro atoms. The summed E-state index contributed by atoms with van der Waals surface area (Å²) >= 11 is 0. The predicted octanol–water partition coefficient (Wildman–Crippen LogP) is 10.7. The molecule has 9 heteroatoms. The number of hydrogen-bond donors (Lipinski definition) is 8. The quantitative estimate of drug-likeness (QED) is 0.0279. The number of hydrogen-bond acceptors (Lipinski definition) is 8. The zero-order valence-electron chi connectivity index (χ0n) is 39.3. The molecule has 9 nitrogen and oxygen atoms in total. The largest absolute Gasteiger partial charge is 0.396 e. The summed E-state index contributed by atoms with van der Waals surface area (Å²) in [7, 11) is 0. The second-order valence-electron chi connectivity index (χ2n) is 19.3. The lowest BCUT2D eigenvalue weighted by Gasteiger charge is -2.40. The minimum absolute atomic E-state index is 0.0586. The van der Waals surface area contributed by atoms with Gasteiger partial charge in [0.25, 0.3) is 0 Å². The van der Waals surface area contributed by atoms with Gasteiger partial charge in [0.15, 0.2) is 0 Å². The van der Waals surface area contributed by atoms with Crippen LogP contribution in [0.5, 0.6) is 0 Å². The number of aliphatic hydroxyl groups excluding tert-OH is 6. The average molecular weight is 855 g/mol. The van der Waals surface area contributed by atoms with Gasteiger partial charge in [-0.3, -0.25) is 4.79 Å². The van der Waals surface area contributed by atoms with Gasteiger partial charge in [0.05, 0.1) is 24.4 Å². The van der Waals surface area contributed by atoms with E-state index in [0.717, 1.165) is 44.9 Å². The molecule has 1 aliphatic rings. The molecule has 1 aliphatic carbocycles. The molecule has 0 aromatic heterocycles. The number of primary amides is 1. The first-order valence-corrected chi connectivity index (χ1v) is 26.3. The molecule has 358 valence electrons. The van der Waals surface area contributed by atoms with E-state index in [1.165, 1.54) is 186 Å². The molecule has 1 rings (SSSR count). The van der Waals surface area contributed by atoms with Gasteiger partial charge in [-0.1, -0.05) is 225 Å². The maximum Gasteiger partial charge on any atom is 0.220 e. The summed E-state index contributed by atoms with van der Waals surface area (Å²) in [6, 6.07) is -0.486. The van der Waals surface area contributed by atoms with E-state index in [9.17, 15) is 35.4 Å². The van der Waals surface area contributed by atoms with Gasteiger partial charge in [0.2, 0.25) is 5.91 Å². The fourth-order valence-corrected chi connectivity index (χ4v) is 9.45. The minimum atomic E-state index is -1.32. The standard InChI is InChI=1S/C51H102N2O7/c1-2-3-4-5-6-7-8-9-10-11-12-13-14-15-16-17-18-21-24-27-30-33-36-43(51(52)60)37-34-31-28-25-22-19-20-23-26-29-32-35-38-46(55)47(56)39-40-53-45-41-44(42-54)48(57)50(59)49(45)58/h43-50,53-59H,2-42H2,1H3,(H2,52,60)/t43-,44?,45?,46?,47?,48?,49?,50?/m0/s1. The van der Waals surface area contributed by atoms with Crippen LogP contribution in [-0.4, -0.2) is 86.3 Å². The molecule has 1 fully saturated rings. The average Bonchev–Trinajstić information content (AvgIpc) is 3.24. The van der Waals surface area contributed by atoms with Gasteiger partial charge in [0, 0.05) is 24.5 Å². The van der Waals surface area contributed by atoms with E-state index in [0.29, 0.717) is 25.8 Å². The van der Waals surface area contributed by atoms with Crippen LogP contribution in [-0.2, 0) is 4.79 Å². The minimum Gasteiger partial charge on any atom is -0.396 e. The molecule has 0 bridgehead atoms. The third kappa shape index (κ3) is 31.1. The van der Waals surface area contributed by atoms with Crippen molar-refractivity contribution in [1.82, 2.24) is 5.32 Å². The van der Waals surface area contributed by atoms with Gasteiger partial charge < -0.3 is 41.7 Å². The highest BCUT2D eigenvalue weighted by Crippen LogP contribution is 2.26. The number of amides is 1. The van der Waals surface area contributed by atoms with Gasteiger partial charge in [-0.15, -0.1) is 0 Å². The van der Waals surface area contributed by atoms with Crippen molar-refractivity contribution in [3.8, 4) is 0 Å². The molecular weight excluding hydrogens is 753 g/mol. The Balaban J connectivity index is 1.84. The van der Waals surface area contributed by atoms with Crippen LogP contribution < -0.4 is 11.1 Å². The van der Waals surface area contributed by atoms with Crippen molar-refractivity contribution in [2.75, 3.05) is 13.2 Å². The molecule has 0 saturated heterocycles. The van der Waals surface area contributed by atoms with E-state index in [2.05, 4.69) is 12.2 Å². The first-order chi connectivity index (χ1) is 29.2. The Morgan fingerprint density at radius 2 is 0.800 bits per heavy atom. The topological polar surface area (TPSA) is 176 Å². The van der Waals surface area contributed by atoms with Crippen LogP contribution in [0.3, 0.4) is 0 Å². The summed E-state index contributed by atoms with van der Waals surface area (Å²) < 4.78 is 0. The molecule has 0 radical (unpaired) electrons. The number of unbranched alkanes of at least 4 members (excludes halogenated alkanes) is 32. The van der Waals surface area contributed by atoms with E-state index in [1.54, 1.807) is 0 Å². The summed E-state index contributed by atoms with van der Waals surface area (Å²) in [4.78, 5) is 12.0. The van der Waals surface area contributed by atoms with Gasteiger partial charge >= 0.3 is 0 Å². The molecule has 0 heterocycles. The Kier molecular flexibility index (Phi) is 39.0. The molecule has 1 saturated carbocycles. The Hall–Kier alpha value is -0.810. The van der Waals surface area contributed by atoms with Crippen LogP contribution in [0.4, 0.5) is 0 Å². The van der Waals surface area contributed by atoms with Crippen molar-refractivity contribution in [2.24, 2.45) is 17.6 Å². The first-order valence-electron chi connectivity index (χ1n) is 26.3. The molecule has 1 amide bonds. The maximum absolute atomic E-state index is 12.0. The zero-order valence-corrected chi connectivity index (χ0v) is 39.3. The van der Waals surface area contributed by atoms with E-state index in [1.807, 2.05) is 0 Å². The smallest absolute Gasteiger partial charge is 0.220 e. The lowest BCUT2D eigenvalue weighted by molar-refractivity contribution is -0.130. The van der Waals surface area contributed by atoms with Crippen LogP contribution in [0.2, 0.25) is 0 Å². The van der Waals surface area contributed by atoms with Crippen LogP contribution in [0.1, 0.15) is 257 Å². The van der Waals surface area contributed by atoms with E-state index >= 15 is 0 Å². The van der Waals surface area contributed by atoms with Gasteiger partial charge in [-0.05, 0) is 38.6 Å². The predicted molar refractivity (Wildman–Crippen MR) is 251 cm³/mol. The lowest BCUT2D eigenvalue weighted by atomic mass is 9.80. The fraction of sp³-hybridized carbons (Fsp3) is 0.980. The molecule has 60 heavy (non-hydrogen) atoms. The summed E-state index contributed by atoms with van der Waals surface area (Å²) in [6.07, 6.45) is 42.7. The number of carbonyl (C=O) groups excluding carboxylic acids is 1. The number of nitrogens with two attached hydrogens (primary N) is 1. The number of rotatable bonds is 45. The van der Waals surface area contributed by atoms with Crippen LogP contribution in [0.25, 0.3) is 0 Å². The van der Waals surface area contributed by atoms with Gasteiger partial charge in [-0.2, -0.15) is 0 Å². The normalized spacial score (nSPS) is 21.0. The van der Waals surface area contributed by atoms with E-state index in [4.69, 9.17) is 5.73 Å². The zero-order chi connectivity index (χ0) is 43.9. The number of aliphatic hydroxyl groups is 6. The Morgan fingerprint density at radius 1 is 0.483 bits per heavy atom. The van der Waals surface area contributed by atoms with Gasteiger partial charge in [-0.25, -0.2) is 0 Å². The Bertz CT molecular complexity index is 926. The number of nitrogens with one attached hydrogen (secondary N) is 1. The van der Waals surface area contributed by atoms with Crippen molar-refractivity contribution < 1.29 is 35.4 Å². The van der Waals surface area contributed by atoms with Crippen molar-refractivity contribution >= 4 is 5.91 Å². The molecule has 8 atom stereocenters. The molecule has 9 N–H and O–H groups in total. The van der Waals surface area contributed by atoms with Crippen LogP contribution in [0, 0.1) is 11.8 Å². The monoisotopic (exact) mass is 855 g/mol. The molecule has 0 aromatic rings. The van der Waals surface area contributed by atoms with Gasteiger partial charge in [0.1, 0.15) is 6.10 Å². The second kappa shape index (κ2) is 40.9.